The fraction of sp³-hybridized carbons (Fsp3) is 0.300. The van der Waals surface area contributed by atoms with Crippen molar-refractivity contribution < 1.29 is 24.5 Å². The van der Waals surface area contributed by atoms with Crippen LogP contribution in [0.1, 0.15) is 26.8 Å². The molecule has 0 saturated carbocycles. The molecule has 0 aliphatic carbocycles. The Bertz CT molecular complexity index is 842. The summed E-state index contributed by atoms with van der Waals surface area (Å²) in [6, 6.07) is 10.3. The van der Waals surface area contributed by atoms with Crippen LogP contribution >= 0.6 is 11.3 Å². The number of benzene rings is 1. The number of hydrogen-bond donors (Lipinski definition) is 2. The van der Waals surface area contributed by atoms with Crippen molar-refractivity contribution in [3.8, 4) is 0 Å². The van der Waals surface area contributed by atoms with E-state index >= 15 is 0 Å². The zero-order chi connectivity index (χ0) is 19.4. The van der Waals surface area contributed by atoms with Gasteiger partial charge in [0.2, 0.25) is 5.78 Å². The molecule has 3 rings (SSSR count). The number of nitrogens with zero attached hydrogens (tertiary/aromatic N) is 1. The molecule has 2 aromatic rings. The number of ether oxygens (including phenoxy) is 1. The second-order valence-corrected chi connectivity index (χ2v) is 7.16. The highest BCUT2D eigenvalue weighted by molar-refractivity contribution is 7.12. The number of rotatable bonds is 8. The summed E-state index contributed by atoms with van der Waals surface area (Å²) < 4.78 is 5.27. The van der Waals surface area contributed by atoms with E-state index in [4.69, 9.17) is 9.84 Å². The molecule has 1 atom stereocenters. The zero-order valence-electron chi connectivity index (χ0n) is 14.9. The summed E-state index contributed by atoms with van der Waals surface area (Å²) in [5, 5.41) is 21.1. The molecular formula is C20H21NO5S. The Morgan fingerprint density at radius 2 is 1.96 bits per heavy atom. The van der Waals surface area contributed by atoms with E-state index in [9.17, 15) is 14.7 Å². The molecule has 2 N–H and O–H groups in total. The fourth-order valence-corrected chi connectivity index (χ4v) is 3.76. The first-order valence-corrected chi connectivity index (χ1v) is 9.50. The molecule has 1 aromatic carbocycles. The van der Waals surface area contributed by atoms with E-state index < -0.39 is 17.7 Å². The van der Waals surface area contributed by atoms with Gasteiger partial charge in [0.15, 0.2) is 5.76 Å². The van der Waals surface area contributed by atoms with Gasteiger partial charge in [-0.05, 0) is 23.9 Å². The van der Waals surface area contributed by atoms with Gasteiger partial charge in [0.05, 0.1) is 36.3 Å². The molecule has 0 saturated heterocycles. The highest BCUT2D eigenvalue weighted by atomic mass is 32.1. The maximum absolute atomic E-state index is 13.0. The molecule has 0 radical (unpaired) electrons. The summed E-state index contributed by atoms with van der Waals surface area (Å²) in [4.78, 5) is 27.6. The number of aliphatic hydroxyl groups is 2. The second kappa shape index (κ2) is 8.47. The maximum Gasteiger partial charge on any atom is 0.290 e. The highest BCUT2D eigenvalue weighted by Gasteiger charge is 2.43. The second-order valence-electron chi connectivity index (χ2n) is 6.22. The molecule has 2 heterocycles. The Morgan fingerprint density at radius 1 is 1.22 bits per heavy atom. The molecule has 0 bridgehead atoms. The molecule has 6 nitrogen and oxygen atoms in total. The van der Waals surface area contributed by atoms with Crippen molar-refractivity contribution in [3.05, 3.63) is 69.1 Å². The summed E-state index contributed by atoms with van der Waals surface area (Å²) in [5.41, 5.74) is 1.90. The van der Waals surface area contributed by atoms with Crippen LogP contribution < -0.4 is 0 Å². The fourth-order valence-electron chi connectivity index (χ4n) is 3.08. The number of carbonyl (C=O) groups is 2. The van der Waals surface area contributed by atoms with Crippen LogP contribution in [0.15, 0.2) is 53.1 Å². The summed E-state index contributed by atoms with van der Waals surface area (Å²) in [7, 11) is 0. The summed E-state index contributed by atoms with van der Waals surface area (Å²) in [6.07, 6.45) is 0. The Morgan fingerprint density at radius 3 is 2.59 bits per heavy atom. The summed E-state index contributed by atoms with van der Waals surface area (Å²) in [6.45, 7) is 2.40. The minimum atomic E-state index is -0.676. The summed E-state index contributed by atoms with van der Waals surface area (Å²) in [5.74, 6) is -1.45. The van der Waals surface area contributed by atoms with Crippen LogP contribution in [0, 0.1) is 6.92 Å². The van der Waals surface area contributed by atoms with Gasteiger partial charge in [0.25, 0.3) is 5.91 Å². The largest absolute Gasteiger partial charge is 0.503 e. The van der Waals surface area contributed by atoms with Gasteiger partial charge < -0.3 is 19.8 Å². The van der Waals surface area contributed by atoms with E-state index in [-0.39, 0.29) is 37.7 Å². The van der Waals surface area contributed by atoms with Crippen molar-refractivity contribution in [1.82, 2.24) is 4.90 Å². The van der Waals surface area contributed by atoms with Crippen LogP contribution in [0.4, 0.5) is 0 Å². The molecule has 0 fully saturated rings. The third kappa shape index (κ3) is 3.95. The quantitative estimate of drug-likeness (QED) is 0.537. The zero-order valence-corrected chi connectivity index (χ0v) is 15.7. The number of amides is 1. The van der Waals surface area contributed by atoms with E-state index in [1.54, 1.807) is 17.5 Å². The number of ketones is 1. The molecule has 1 aliphatic rings. The van der Waals surface area contributed by atoms with Crippen molar-refractivity contribution in [1.29, 1.82) is 0 Å². The number of hydrogen-bond acceptors (Lipinski definition) is 6. The van der Waals surface area contributed by atoms with Gasteiger partial charge in [-0.1, -0.05) is 35.9 Å². The number of thiophene rings is 1. The number of aryl methyl sites for hydroxylation is 1. The van der Waals surface area contributed by atoms with Gasteiger partial charge in [-0.3, -0.25) is 9.59 Å². The summed E-state index contributed by atoms with van der Waals surface area (Å²) >= 11 is 1.27. The Balaban J connectivity index is 1.96. The van der Waals surface area contributed by atoms with E-state index in [1.165, 1.54) is 16.2 Å². The molecule has 0 unspecified atom stereocenters. The third-order valence-corrected chi connectivity index (χ3v) is 5.27. The molecule has 1 aliphatic heterocycles. The lowest BCUT2D eigenvalue weighted by Gasteiger charge is -2.26. The number of Topliss-reactive ketones (excluding diaryl/α,β-unsaturated/α-hetero) is 1. The Kier molecular flexibility index (Phi) is 6.05. The molecule has 142 valence electrons. The molecule has 0 spiro atoms. The van der Waals surface area contributed by atoms with Crippen molar-refractivity contribution in [2.24, 2.45) is 0 Å². The predicted octanol–water partition coefficient (Wildman–Crippen LogP) is 2.64. The van der Waals surface area contributed by atoms with Gasteiger partial charge in [0, 0.05) is 6.54 Å². The van der Waals surface area contributed by atoms with Crippen molar-refractivity contribution in [3.63, 3.8) is 0 Å². The van der Waals surface area contributed by atoms with Crippen LogP contribution in [-0.2, 0) is 9.53 Å². The number of carbonyl (C=O) groups excluding carboxylic acids is 2. The van der Waals surface area contributed by atoms with Gasteiger partial charge >= 0.3 is 0 Å². The van der Waals surface area contributed by atoms with Gasteiger partial charge in [-0.2, -0.15) is 0 Å². The van der Waals surface area contributed by atoms with Gasteiger partial charge in [-0.15, -0.1) is 11.3 Å². The first-order chi connectivity index (χ1) is 13.0. The monoisotopic (exact) mass is 387 g/mol. The standard InChI is InChI=1S/C20H21NO5S/c1-13-4-6-14(7-5-13)17-16(18(23)15-3-2-12-27-15)19(24)20(25)21(17)8-10-26-11-9-22/h2-7,12,17,22,24H,8-11H2,1H3/t17-/m1/s1. The average molecular weight is 387 g/mol. The maximum atomic E-state index is 13.0. The molecule has 27 heavy (non-hydrogen) atoms. The van der Waals surface area contributed by atoms with Crippen molar-refractivity contribution >= 4 is 23.0 Å². The van der Waals surface area contributed by atoms with E-state index in [0.717, 1.165) is 11.1 Å². The first kappa shape index (κ1) is 19.3. The molecular weight excluding hydrogens is 366 g/mol. The average Bonchev–Trinajstić information content (AvgIpc) is 3.28. The minimum Gasteiger partial charge on any atom is -0.503 e. The van der Waals surface area contributed by atoms with Crippen molar-refractivity contribution in [2.45, 2.75) is 13.0 Å². The topological polar surface area (TPSA) is 87.1 Å². The van der Waals surface area contributed by atoms with Crippen molar-refractivity contribution in [2.75, 3.05) is 26.4 Å². The molecule has 1 amide bonds. The smallest absolute Gasteiger partial charge is 0.290 e. The third-order valence-electron chi connectivity index (χ3n) is 4.40. The van der Waals surface area contributed by atoms with Crippen LogP contribution in [0.2, 0.25) is 0 Å². The number of aliphatic hydroxyl groups excluding tert-OH is 2. The normalized spacial score (nSPS) is 17.0. The minimum absolute atomic E-state index is 0.0912. The van der Waals surface area contributed by atoms with Gasteiger partial charge in [-0.25, -0.2) is 0 Å². The Labute approximate surface area is 161 Å². The van der Waals surface area contributed by atoms with Crippen LogP contribution in [0.5, 0.6) is 0 Å². The van der Waals surface area contributed by atoms with Crippen LogP contribution in [0.25, 0.3) is 0 Å². The Hall–Kier alpha value is -2.48. The van der Waals surface area contributed by atoms with Gasteiger partial charge in [0.1, 0.15) is 0 Å². The van der Waals surface area contributed by atoms with Crippen LogP contribution in [-0.4, -0.2) is 53.2 Å². The molecule has 7 heteroatoms. The lowest BCUT2D eigenvalue weighted by molar-refractivity contribution is -0.130. The molecule has 1 aromatic heterocycles. The highest BCUT2D eigenvalue weighted by Crippen LogP contribution is 2.39. The lowest BCUT2D eigenvalue weighted by Crippen LogP contribution is -2.34. The predicted molar refractivity (Wildman–Crippen MR) is 102 cm³/mol. The van der Waals surface area contributed by atoms with E-state index in [0.29, 0.717) is 4.88 Å². The first-order valence-electron chi connectivity index (χ1n) is 8.62. The SMILES string of the molecule is Cc1ccc([C@@H]2C(C(=O)c3cccs3)=C(O)C(=O)N2CCOCCO)cc1. The van der Waals surface area contributed by atoms with E-state index in [1.807, 2.05) is 31.2 Å². The van der Waals surface area contributed by atoms with Crippen LogP contribution in [0.3, 0.4) is 0 Å². The lowest BCUT2D eigenvalue weighted by atomic mass is 9.95. The van der Waals surface area contributed by atoms with E-state index in [2.05, 4.69) is 0 Å².